The van der Waals surface area contributed by atoms with Gasteiger partial charge in [-0.3, -0.25) is 0 Å². The van der Waals surface area contributed by atoms with Gasteiger partial charge in [0.05, 0.1) is 6.54 Å². The van der Waals surface area contributed by atoms with E-state index in [1.165, 1.54) is 4.88 Å². The van der Waals surface area contributed by atoms with E-state index in [0.29, 0.717) is 0 Å². The van der Waals surface area contributed by atoms with E-state index in [1.807, 2.05) is 30.4 Å². The molecule has 0 saturated heterocycles. The molecule has 3 heteroatoms. The second-order valence-electron chi connectivity index (χ2n) is 3.52. The highest BCUT2D eigenvalue weighted by Gasteiger charge is 1.98. The van der Waals surface area contributed by atoms with Crippen LogP contribution in [0.3, 0.4) is 0 Å². The van der Waals surface area contributed by atoms with E-state index in [9.17, 15) is 0 Å². The van der Waals surface area contributed by atoms with Gasteiger partial charge in [-0.2, -0.15) is 0 Å². The van der Waals surface area contributed by atoms with Gasteiger partial charge in [0, 0.05) is 11.4 Å². The Balaban J connectivity index is 1.67. The fourth-order valence-corrected chi connectivity index (χ4v) is 2.17. The summed E-state index contributed by atoms with van der Waals surface area (Å²) in [6.45, 7) is 3.79. The monoisotopic (exact) mass is 221 g/mol. The van der Waals surface area contributed by atoms with Crippen LogP contribution in [0.1, 0.15) is 16.4 Å². The third-order valence-corrected chi connectivity index (χ3v) is 3.16. The van der Waals surface area contributed by atoms with Crippen molar-refractivity contribution in [1.29, 1.82) is 0 Å². The third kappa shape index (κ3) is 3.22. The Morgan fingerprint density at radius 2 is 2.27 bits per heavy atom. The molecule has 2 aromatic rings. The summed E-state index contributed by atoms with van der Waals surface area (Å²) in [5.41, 5.74) is 0. The van der Waals surface area contributed by atoms with Crippen LogP contribution in [0.5, 0.6) is 0 Å². The van der Waals surface area contributed by atoms with Gasteiger partial charge in [0.2, 0.25) is 0 Å². The van der Waals surface area contributed by atoms with E-state index in [-0.39, 0.29) is 0 Å². The molecule has 0 aromatic carbocycles. The predicted octanol–water partition coefficient (Wildman–Crippen LogP) is 2.98. The Morgan fingerprint density at radius 3 is 2.93 bits per heavy atom. The van der Waals surface area contributed by atoms with Crippen LogP contribution in [0.15, 0.2) is 34.1 Å². The van der Waals surface area contributed by atoms with Crippen LogP contribution in [0.2, 0.25) is 0 Å². The number of hydrogen-bond donors (Lipinski definition) is 1. The van der Waals surface area contributed by atoms with Crippen molar-refractivity contribution in [2.45, 2.75) is 19.9 Å². The van der Waals surface area contributed by atoms with Gasteiger partial charge in [-0.15, -0.1) is 11.3 Å². The summed E-state index contributed by atoms with van der Waals surface area (Å²) in [7, 11) is 0. The smallest absolute Gasteiger partial charge is 0.117 e. The average molecular weight is 221 g/mol. The molecular formula is C12H15NOS. The van der Waals surface area contributed by atoms with Gasteiger partial charge in [0.25, 0.3) is 0 Å². The predicted molar refractivity (Wildman–Crippen MR) is 63.2 cm³/mol. The van der Waals surface area contributed by atoms with Crippen molar-refractivity contribution in [1.82, 2.24) is 5.32 Å². The summed E-state index contributed by atoms with van der Waals surface area (Å²) >= 11 is 1.81. The van der Waals surface area contributed by atoms with Gasteiger partial charge in [0.15, 0.2) is 0 Å². The highest BCUT2D eigenvalue weighted by atomic mass is 32.1. The molecule has 0 atom stereocenters. The van der Waals surface area contributed by atoms with E-state index in [1.54, 1.807) is 0 Å². The molecule has 2 aromatic heterocycles. The summed E-state index contributed by atoms with van der Waals surface area (Å²) in [5, 5.41) is 5.48. The number of hydrogen-bond acceptors (Lipinski definition) is 3. The second kappa shape index (κ2) is 5.14. The minimum absolute atomic E-state index is 0.819. The maximum atomic E-state index is 5.46. The molecule has 0 amide bonds. The van der Waals surface area contributed by atoms with Crippen LogP contribution in [0.25, 0.3) is 0 Å². The maximum absolute atomic E-state index is 5.46. The SMILES string of the molecule is Cc1ccc(CNCCc2cccs2)o1. The Hall–Kier alpha value is -1.06. The van der Waals surface area contributed by atoms with Gasteiger partial charge in [-0.1, -0.05) is 6.07 Å². The van der Waals surface area contributed by atoms with Gasteiger partial charge < -0.3 is 9.73 Å². The zero-order valence-electron chi connectivity index (χ0n) is 8.82. The zero-order valence-corrected chi connectivity index (χ0v) is 9.64. The summed E-state index contributed by atoms with van der Waals surface area (Å²) < 4.78 is 5.46. The summed E-state index contributed by atoms with van der Waals surface area (Å²) in [5.74, 6) is 1.99. The first-order valence-corrected chi connectivity index (χ1v) is 6.01. The normalized spacial score (nSPS) is 10.7. The summed E-state index contributed by atoms with van der Waals surface area (Å²) in [4.78, 5) is 1.43. The van der Waals surface area contributed by atoms with Crippen molar-refractivity contribution in [3.05, 3.63) is 46.0 Å². The topological polar surface area (TPSA) is 25.2 Å². The molecule has 0 aliphatic rings. The Labute approximate surface area is 93.9 Å². The Kier molecular flexibility index (Phi) is 3.59. The molecule has 80 valence electrons. The number of aryl methyl sites for hydroxylation is 1. The lowest BCUT2D eigenvalue weighted by Gasteiger charge is -2.00. The average Bonchev–Trinajstić information content (AvgIpc) is 2.84. The van der Waals surface area contributed by atoms with Crippen LogP contribution in [0.4, 0.5) is 0 Å². The molecule has 2 rings (SSSR count). The zero-order chi connectivity index (χ0) is 10.5. The molecule has 0 radical (unpaired) electrons. The first kappa shape index (κ1) is 10.5. The minimum atomic E-state index is 0.819. The van der Waals surface area contributed by atoms with Crippen molar-refractivity contribution in [3.8, 4) is 0 Å². The minimum Gasteiger partial charge on any atom is -0.465 e. The van der Waals surface area contributed by atoms with Gasteiger partial charge in [-0.05, 0) is 36.9 Å². The molecular weight excluding hydrogens is 206 g/mol. The van der Waals surface area contributed by atoms with Gasteiger partial charge in [0.1, 0.15) is 11.5 Å². The van der Waals surface area contributed by atoms with Crippen LogP contribution in [-0.4, -0.2) is 6.54 Å². The van der Waals surface area contributed by atoms with Crippen molar-refractivity contribution < 1.29 is 4.42 Å². The van der Waals surface area contributed by atoms with Crippen molar-refractivity contribution in [2.24, 2.45) is 0 Å². The number of rotatable bonds is 5. The lowest BCUT2D eigenvalue weighted by Crippen LogP contribution is -2.15. The molecule has 0 aliphatic heterocycles. The number of furan rings is 1. The fourth-order valence-electron chi connectivity index (χ4n) is 1.46. The van der Waals surface area contributed by atoms with E-state index >= 15 is 0 Å². The Bertz CT molecular complexity index is 391. The summed E-state index contributed by atoms with van der Waals surface area (Å²) in [6.07, 6.45) is 1.09. The lowest BCUT2D eigenvalue weighted by atomic mass is 10.3. The Morgan fingerprint density at radius 1 is 1.33 bits per heavy atom. The van der Waals surface area contributed by atoms with Gasteiger partial charge >= 0.3 is 0 Å². The molecule has 0 saturated carbocycles. The molecule has 2 nitrogen and oxygen atoms in total. The van der Waals surface area contributed by atoms with Gasteiger partial charge in [-0.25, -0.2) is 0 Å². The quantitative estimate of drug-likeness (QED) is 0.785. The van der Waals surface area contributed by atoms with E-state index in [0.717, 1.165) is 31.0 Å². The fraction of sp³-hybridized carbons (Fsp3) is 0.333. The first-order chi connectivity index (χ1) is 7.34. The molecule has 0 bridgehead atoms. The van der Waals surface area contributed by atoms with E-state index in [2.05, 4.69) is 22.8 Å². The third-order valence-electron chi connectivity index (χ3n) is 2.22. The highest BCUT2D eigenvalue weighted by Crippen LogP contribution is 2.09. The molecule has 15 heavy (non-hydrogen) atoms. The molecule has 1 N–H and O–H groups in total. The molecule has 2 heterocycles. The second-order valence-corrected chi connectivity index (χ2v) is 4.55. The van der Waals surface area contributed by atoms with Crippen LogP contribution in [0, 0.1) is 6.92 Å². The number of nitrogens with one attached hydrogen (secondary N) is 1. The van der Waals surface area contributed by atoms with E-state index in [4.69, 9.17) is 4.42 Å². The lowest BCUT2D eigenvalue weighted by molar-refractivity contribution is 0.463. The molecule has 0 fully saturated rings. The summed E-state index contributed by atoms with van der Waals surface area (Å²) in [6, 6.07) is 8.28. The number of thiophene rings is 1. The molecule has 0 unspecified atom stereocenters. The van der Waals surface area contributed by atoms with Crippen molar-refractivity contribution in [3.63, 3.8) is 0 Å². The van der Waals surface area contributed by atoms with Crippen molar-refractivity contribution in [2.75, 3.05) is 6.54 Å². The standard InChI is InChI=1S/C12H15NOS/c1-10-4-5-11(14-10)9-13-7-6-12-3-2-8-15-12/h2-5,8,13H,6-7,9H2,1H3. The molecule has 0 spiro atoms. The largest absolute Gasteiger partial charge is 0.465 e. The van der Waals surface area contributed by atoms with Crippen LogP contribution < -0.4 is 5.32 Å². The van der Waals surface area contributed by atoms with Crippen molar-refractivity contribution >= 4 is 11.3 Å². The molecule has 0 aliphatic carbocycles. The van der Waals surface area contributed by atoms with E-state index < -0.39 is 0 Å². The highest BCUT2D eigenvalue weighted by molar-refractivity contribution is 7.09. The first-order valence-electron chi connectivity index (χ1n) is 5.13. The van der Waals surface area contributed by atoms with Crippen LogP contribution in [-0.2, 0) is 13.0 Å². The van der Waals surface area contributed by atoms with Crippen LogP contribution >= 0.6 is 11.3 Å². The maximum Gasteiger partial charge on any atom is 0.117 e.